The van der Waals surface area contributed by atoms with Crippen molar-refractivity contribution in [2.24, 2.45) is 0 Å². The maximum absolute atomic E-state index is 12.4. The first-order chi connectivity index (χ1) is 16.6. The van der Waals surface area contributed by atoms with E-state index >= 15 is 0 Å². The van der Waals surface area contributed by atoms with Crippen LogP contribution in [0.5, 0.6) is 23.0 Å². The van der Waals surface area contributed by atoms with Crippen molar-refractivity contribution in [1.29, 1.82) is 0 Å². The topological polar surface area (TPSA) is 105 Å². The number of hydrogen-bond acceptors (Lipinski definition) is 9. The molecule has 0 spiro atoms. The summed E-state index contributed by atoms with van der Waals surface area (Å²) < 4.78 is 27.2. The Bertz CT molecular complexity index is 1270. The lowest BCUT2D eigenvalue weighted by Crippen LogP contribution is -2.14. The van der Waals surface area contributed by atoms with E-state index in [4.69, 9.17) is 23.4 Å². The van der Waals surface area contributed by atoms with Gasteiger partial charge in [0.15, 0.2) is 18.1 Å². The molecule has 3 aromatic carbocycles. The normalized spacial score (nSPS) is 10.7. The SMILES string of the molecule is COc1cc(NC(=O)CSc2nnc(COc3ccc4ccccc4c3)o2)cc(OC)c1OC. The fourth-order valence-electron chi connectivity index (χ4n) is 3.23. The standard InChI is InChI=1S/C24H23N3O6S/c1-29-19-11-17(12-20(30-2)23(19)31-3)25-21(28)14-34-24-27-26-22(33-24)13-32-18-9-8-15-6-4-5-7-16(15)10-18/h4-12H,13-14H2,1-3H3,(H,25,28). The van der Waals surface area contributed by atoms with E-state index in [1.54, 1.807) is 12.1 Å². The molecular formula is C24H23N3O6S. The Morgan fingerprint density at radius 1 is 0.941 bits per heavy atom. The van der Waals surface area contributed by atoms with E-state index in [2.05, 4.69) is 15.5 Å². The highest BCUT2D eigenvalue weighted by Gasteiger charge is 2.15. The molecule has 10 heteroatoms. The van der Waals surface area contributed by atoms with Crippen LogP contribution in [0.3, 0.4) is 0 Å². The summed E-state index contributed by atoms with van der Waals surface area (Å²) in [5.41, 5.74) is 0.509. The quantitative estimate of drug-likeness (QED) is 0.326. The van der Waals surface area contributed by atoms with Crippen molar-refractivity contribution in [3.05, 3.63) is 60.5 Å². The maximum atomic E-state index is 12.4. The molecule has 176 valence electrons. The number of carbonyl (C=O) groups is 1. The number of aromatic nitrogens is 2. The van der Waals surface area contributed by atoms with Crippen LogP contribution in [0.1, 0.15) is 5.89 Å². The number of nitrogens with one attached hydrogen (secondary N) is 1. The Morgan fingerprint density at radius 3 is 2.38 bits per heavy atom. The van der Waals surface area contributed by atoms with E-state index < -0.39 is 0 Å². The number of nitrogens with zero attached hydrogens (tertiary/aromatic N) is 2. The van der Waals surface area contributed by atoms with Gasteiger partial charge in [-0.1, -0.05) is 42.1 Å². The van der Waals surface area contributed by atoms with E-state index in [-0.39, 0.29) is 23.5 Å². The Labute approximate surface area is 200 Å². The third-order valence-corrected chi connectivity index (χ3v) is 5.63. The minimum Gasteiger partial charge on any atom is -0.493 e. The predicted molar refractivity (Wildman–Crippen MR) is 128 cm³/mol. The Kier molecular flexibility index (Phi) is 7.38. The monoisotopic (exact) mass is 481 g/mol. The molecule has 0 radical (unpaired) electrons. The maximum Gasteiger partial charge on any atom is 0.277 e. The van der Waals surface area contributed by atoms with Gasteiger partial charge in [-0.25, -0.2) is 0 Å². The molecule has 9 nitrogen and oxygen atoms in total. The summed E-state index contributed by atoms with van der Waals surface area (Å²) in [4.78, 5) is 12.4. The summed E-state index contributed by atoms with van der Waals surface area (Å²) in [6, 6.07) is 17.2. The van der Waals surface area contributed by atoms with Crippen LogP contribution in [0.2, 0.25) is 0 Å². The zero-order chi connectivity index (χ0) is 23.9. The number of hydrogen-bond donors (Lipinski definition) is 1. The molecule has 0 fully saturated rings. The molecule has 1 amide bonds. The highest BCUT2D eigenvalue weighted by Crippen LogP contribution is 2.40. The van der Waals surface area contributed by atoms with Gasteiger partial charge in [-0.2, -0.15) is 0 Å². The van der Waals surface area contributed by atoms with Crippen molar-refractivity contribution in [3.8, 4) is 23.0 Å². The number of thioether (sulfide) groups is 1. The molecule has 0 saturated carbocycles. The van der Waals surface area contributed by atoms with Crippen LogP contribution in [0.4, 0.5) is 5.69 Å². The molecule has 4 rings (SSSR count). The molecule has 34 heavy (non-hydrogen) atoms. The lowest BCUT2D eigenvalue weighted by atomic mass is 10.1. The third kappa shape index (κ3) is 5.52. The van der Waals surface area contributed by atoms with Crippen LogP contribution in [-0.2, 0) is 11.4 Å². The third-order valence-electron chi connectivity index (χ3n) is 4.81. The smallest absolute Gasteiger partial charge is 0.277 e. The van der Waals surface area contributed by atoms with Gasteiger partial charge >= 0.3 is 0 Å². The molecule has 0 saturated heterocycles. The van der Waals surface area contributed by atoms with Crippen molar-refractivity contribution < 1.29 is 28.2 Å². The number of anilines is 1. The van der Waals surface area contributed by atoms with Gasteiger partial charge in [0.2, 0.25) is 11.7 Å². The molecule has 0 aliphatic rings. The van der Waals surface area contributed by atoms with Gasteiger partial charge in [-0.15, -0.1) is 10.2 Å². The van der Waals surface area contributed by atoms with Crippen LogP contribution < -0.4 is 24.3 Å². The number of amides is 1. The van der Waals surface area contributed by atoms with Crippen molar-refractivity contribution in [1.82, 2.24) is 10.2 Å². The lowest BCUT2D eigenvalue weighted by Gasteiger charge is -2.14. The number of benzene rings is 3. The highest BCUT2D eigenvalue weighted by molar-refractivity contribution is 7.99. The second-order valence-electron chi connectivity index (χ2n) is 7.01. The lowest BCUT2D eigenvalue weighted by molar-refractivity contribution is -0.113. The van der Waals surface area contributed by atoms with Gasteiger partial charge < -0.3 is 28.7 Å². The van der Waals surface area contributed by atoms with Crippen LogP contribution in [-0.4, -0.2) is 43.2 Å². The fourth-order valence-corrected chi connectivity index (χ4v) is 3.82. The van der Waals surface area contributed by atoms with Gasteiger partial charge in [0.25, 0.3) is 11.1 Å². The summed E-state index contributed by atoms with van der Waals surface area (Å²) in [6.07, 6.45) is 0. The molecule has 4 aromatic rings. The Balaban J connectivity index is 1.30. The van der Waals surface area contributed by atoms with Gasteiger partial charge in [0.05, 0.1) is 27.1 Å². The predicted octanol–water partition coefficient (Wildman–Crippen LogP) is 4.56. The van der Waals surface area contributed by atoms with Crippen LogP contribution >= 0.6 is 11.8 Å². The molecule has 1 N–H and O–H groups in total. The van der Waals surface area contributed by atoms with Crippen LogP contribution in [0.15, 0.2) is 64.2 Å². The molecule has 1 aromatic heterocycles. The van der Waals surface area contributed by atoms with E-state index in [0.717, 1.165) is 22.5 Å². The highest BCUT2D eigenvalue weighted by atomic mass is 32.2. The van der Waals surface area contributed by atoms with Gasteiger partial charge in [-0.3, -0.25) is 4.79 Å². The van der Waals surface area contributed by atoms with Gasteiger partial charge in [-0.05, 0) is 22.9 Å². The first-order valence-electron chi connectivity index (χ1n) is 10.3. The molecule has 0 atom stereocenters. The first-order valence-corrected chi connectivity index (χ1v) is 11.2. The van der Waals surface area contributed by atoms with Gasteiger partial charge in [0.1, 0.15) is 5.75 Å². The van der Waals surface area contributed by atoms with Crippen molar-refractivity contribution in [2.45, 2.75) is 11.8 Å². The first kappa shape index (κ1) is 23.2. The summed E-state index contributed by atoms with van der Waals surface area (Å²) in [5, 5.41) is 13.2. The van der Waals surface area contributed by atoms with Crippen molar-refractivity contribution >= 4 is 34.1 Å². The number of ether oxygens (including phenoxy) is 4. The largest absolute Gasteiger partial charge is 0.493 e. The Hall–Kier alpha value is -3.92. The van der Waals surface area contributed by atoms with E-state index in [9.17, 15) is 4.79 Å². The second kappa shape index (κ2) is 10.8. The molecule has 0 bridgehead atoms. The van der Waals surface area contributed by atoms with Crippen LogP contribution in [0.25, 0.3) is 10.8 Å². The average molecular weight is 482 g/mol. The van der Waals surface area contributed by atoms with E-state index in [0.29, 0.717) is 34.6 Å². The Morgan fingerprint density at radius 2 is 1.68 bits per heavy atom. The number of fused-ring (bicyclic) bond motifs is 1. The van der Waals surface area contributed by atoms with E-state index in [1.165, 1.54) is 21.3 Å². The summed E-state index contributed by atoms with van der Waals surface area (Å²) in [6.45, 7) is 0.129. The van der Waals surface area contributed by atoms with Gasteiger partial charge in [0, 0.05) is 17.8 Å². The summed E-state index contributed by atoms with van der Waals surface area (Å²) in [7, 11) is 4.53. The molecule has 0 aliphatic heterocycles. The summed E-state index contributed by atoms with van der Waals surface area (Å²) in [5.74, 6) is 2.17. The zero-order valence-corrected chi connectivity index (χ0v) is 19.7. The zero-order valence-electron chi connectivity index (χ0n) is 18.9. The molecular weight excluding hydrogens is 458 g/mol. The van der Waals surface area contributed by atoms with Crippen LogP contribution in [0, 0.1) is 0 Å². The van der Waals surface area contributed by atoms with Crippen molar-refractivity contribution in [3.63, 3.8) is 0 Å². The minimum atomic E-state index is -0.258. The second-order valence-corrected chi connectivity index (χ2v) is 7.94. The molecule has 0 unspecified atom stereocenters. The fraction of sp³-hybridized carbons (Fsp3) is 0.208. The van der Waals surface area contributed by atoms with E-state index in [1.807, 2.05) is 42.5 Å². The average Bonchev–Trinajstić information content (AvgIpc) is 3.33. The molecule has 0 aliphatic carbocycles. The van der Waals surface area contributed by atoms with Crippen molar-refractivity contribution in [2.75, 3.05) is 32.4 Å². The molecule has 1 heterocycles. The number of carbonyl (C=O) groups excluding carboxylic acids is 1. The summed E-state index contributed by atoms with van der Waals surface area (Å²) >= 11 is 1.12. The number of methoxy groups -OCH3 is 3. The number of rotatable bonds is 10. The minimum absolute atomic E-state index is 0.0732.